The van der Waals surface area contributed by atoms with Gasteiger partial charge in [-0.15, -0.1) is 11.3 Å². The fourth-order valence-corrected chi connectivity index (χ4v) is 3.71. The molecule has 7 heteroatoms. The summed E-state index contributed by atoms with van der Waals surface area (Å²) in [5, 5.41) is 0.833. The van der Waals surface area contributed by atoms with Gasteiger partial charge in [-0.3, -0.25) is 0 Å². The molecule has 0 amide bonds. The second-order valence-corrected chi connectivity index (χ2v) is 6.13. The van der Waals surface area contributed by atoms with E-state index in [-0.39, 0.29) is 0 Å². The van der Waals surface area contributed by atoms with Crippen LogP contribution in [-0.2, 0) is 0 Å². The number of nitrogens with one attached hydrogen (secondary N) is 1. The smallest absolute Gasteiger partial charge is 0.157 e. The van der Waals surface area contributed by atoms with Crippen molar-refractivity contribution in [2.24, 2.45) is 5.84 Å². The molecule has 0 saturated carbocycles. The lowest BCUT2D eigenvalue weighted by Gasteiger charge is -2.02. The highest BCUT2D eigenvalue weighted by atomic mass is 32.2. The summed E-state index contributed by atoms with van der Waals surface area (Å²) in [5.41, 5.74) is 3.55. The maximum atomic E-state index is 5.38. The Bertz CT molecular complexity index is 692. The number of nitrogens with zero attached hydrogens (tertiary/aromatic N) is 3. The molecule has 0 aliphatic heterocycles. The predicted octanol–water partition coefficient (Wildman–Crippen LogP) is 2.83. The average molecular weight is 289 g/mol. The molecule has 0 unspecified atom stereocenters. The molecule has 19 heavy (non-hydrogen) atoms. The normalized spacial score (nSPS) is 10.8. The molecule has 0 fully saturated rings. The van der Waals surface area contributed by atoms with Crippen molar-refractivity contribution >= 4 is 39.1 Å². The van der Waals surface area contributed by atoms with E-state index in [1.54, 1.807) is 11.3 Å². The van der Waals surface area contributed by atoms with Crippen LogP contribution in [-0.4, -0.2) is 15.0 Å². The molecular formula is C12H11N5S2. The minimum absolute atomic E-state index is 0.608. The molecule has 3 aromatic rings. The molecule has 96 valence electrons. The standard InChI is InChI=1S/C12H11N5S2/c1-7-14-10(17-13)6-11(15-7)19-12-16-8-4-2-3-5-9(8)18-12/h2-6H,13H2,1H3,(H,14,15,17). The van der Waals surface area contributed by atoms with Crippen LogP contribution >= 0.6 is 23.1 Å². The van der Waals surface area contributed by atoms with E-state index in [9.17, 15) is 0 Å². The topological polar surface area (TPSA) is 76.7 Å². The van der Waals surface area contributed by atoms with Crippen molar-refractivity contribution in [2.75, 3.05) is 5.43 Å². The zero-order valence-corrected chi connectivity index (χ0v) is 11.8. The second-order valence-electron chi connectivity index (χ2n) is 3.83. The van der Waals surface area contributed by atoms with Gasteiger partial charge in [0.1, 0.15) is 16.7 Å². The first-order valence-corrected chi connectivity index (χ1v) is 7.23. The molecule has 1 aromatic carbocycles. The van der Waals surface area contributed by atoms with Gasteiger partial charge in [-0.2, -0.15) is 0 Å². The summed E-state index contributed by atoms with van der Waals surface area (Å²) in [4.78, 5) is 13.1. The SMILES string of the molecule is Cc1nc(NN)cc(Sc2nc3ccccc3s2)n1. The minimum atomic E-state index is 0.608. The largest absolute Gasteiger partial charge is 0.308 e. The molecule has 0 spiro atoms. The summed E-state index contributed by atoms with van der Waals surface area (Å²) >= 11 is 3.17. The van der Waals surface area contributed by atoms with Crippen molar-refractivity contribution < 1.29 is 0 Å². The van der Waals surface area contributed by atoms with Crippen LogP contribution in [0.25, 0.3) is 10.2 Å². The molecule has 2 aromatic heterocycles. The number of hydrogen-bond acceptors (Lipinski definition) is 7. The van der Waals surface area contributed by atoms with Crippen molar-refractivity contribution in [1.82, 2.24) is 15.0 Å². The first-order chi connectivity index (χ1) is 9.24. The third-order valence-electron chi connectivity index (χ3n) is 2.43. The lowest BCUT2D eigenvalue weighted by Crippen LogP contribution is -2.09. The summed E-state index contributed by atoms with van der Waals surface area (Å²) < 4.78 is 2.13. The summed E-state index contributed by atoms with van der Waals surface area (Å²) in [6.07, 6.45) is 0. The van der Waals surface area contributed by atoms with Crippen LogP contribution in [0.1, 0.15) is 5.82 Å². The number of fused-ring (bicyclic) bond motifs is 1. The Morgan fingerprint density at radius 2 is 2.05 bits per heavy atom. The average Bonchev–Trinajstić information content (AvgIpc) is 2.80. The summed E-state index contributed by atoms with van der Waals surface area (Å²) in [7, 11) is 0. The number of benzene rings is 1. The maximum absolute atomic E-state index is 5.38. The van der Waals surface area contributed by atoms with E-state index in [0.29, 0.717) is 11.6 Å². The Kier molecular flexibility index (Phi) is 3.33. The molecule has 0 aliphatic rings. The van der Waals surface area contributed by atoms with Crippen molar-refractivity contribution in [3.8, 4) is 0 Å². The van der Waals surface area contributed by atoms with Gasteiger partial charge in [-0.05, 0) is 30.8 Å². The zero-order chi connectivity index (χ0) is 13.2. The zero-order valence-electron chi connectivity index (χ0n) is 10.1. The third-order valence-corrected chi connectivity index (χ3v) is 4.44. The number of thiazole rings is 1. The quantitative estimate of drug-likeness (QED) is 0.438. The Labute approximate surface area is 118 Å². The van der Waals surface area contributed by atoms with Gasteiger partial charge < -0.3 is 5.43 Å². The summed E-state index contributed by atoms with van der Waals surface area (Å²) in [6, 6.07) is 9.88. The first-order valence-electron chi connectivity index (χ1n) is 5.60. The lowest BCUT2D eigenvalue weighted by molar-refractivity contribution is 0.963. The number of nitrogen functional groups attached to an aromatic ring is 1. The maximum Gasteiger partial charge on any atom is 0.157 e. The van der Waals surface area contributed by atoms with E-state index in [4.69, 9.17) is 5.84 Å². The molecule has 3 rings (SSSR count). The van der Waals surface area contributed by atoms with Gasteiger partial charge in [-0.25, -0.2) is 20.8 Å². The van der Waals surface area contributed by atoms with Crippen LogP contribution in [0.5, 0.6) is 0 Å². The molecule has 5 nitrogen and oxygen atoms in total. The fraction of sp³-hybridized carbons (Fsp3) is 0.0833. The van der Waals surface area contributed by atoms with Crippen LogP contribution < -0.4 is 11.3 Å². The highest BCUT2D eigenvalue weighted by Gasteiger charge is 2.08. The lowest BCUT2D eigenvalue weighted by atomic mass is 10.3. The number of rotatable bonds is 3. The molecule has 0 radical (unpaired) electrons. The number of para-hydroxylation sites is 1. The molecule has 3 N–H and O–H groups in total. The molecular weight excluding hydrogens is 278 g/mol. The molecule has 0 atom stereocenters. The van der Waals surface area contributed by atoms with Crippen LogP contribution in [0.4, 0.5) is 5.82 Å². The number of hydrazine groups is 1. The van der Waals surface area contributed by atoms with E-state index in [1.165, 1.54) is 16.5 Å². The monoisotopic (exact) mass is 289 g/mol. The Morgan fingerprint density at radius 1 is 1.21 bits per heavy atom. The van der Waals surface area contributed by atoms with E-state index in [1.807, 2.05) is 31.2 Å². The van der Waals surface area contributed by atoms with Crippen LogP contribution in [0, 0.1) is 6.92 Å². The number of nitrogens with two attached hydrogens (primary N) is 1. The summed E-state index contributed by atoms with van der Waals surface area (Å²) in [5.74, 6) is 6.67. The van der Waals surface area contributed by atoms with Crippen LogP contribution in [0.2, 0.25) is 0 Å². The minimum Gasteiger partial charge on any atom is -0.308 e. The number of anilines is 1. The van der Waals surface area contributed by atoms with Crippen molar-refractivity contribution in [2.45, 2.75) is 16.3 Å². The molecule has 0 bridgehead atoms. The Hall–Kier alpha value is -1.70. The number of aryl methyl sites for hydroxylation is 1. The number of aromatic nitrogens is 3. The van der Waals surface area contributed by atoms with Gasteiger partial charge in [0.05, 0.1) is 10.2 Å². The molecule has 0 saturated heterocycles. The number of hydrogen-bond donors (Lipinski definition) is 2. The van der Waals surface area contributed by atoms with Crippen molar-refractivity contribution in [1.29, 1.82) is 0 Å². The Balaban J connectivity index is 1.94. The van der Waals surface area contributed by atoms with E-state index >= 15 is 0 Å². The summed E-state index contributed by atoms with van der Waals surface area (Å²) in [6.45, 7) is 1.84. The van der Waals surface area contributed by atoms with E-state index in [0.717, 1.165) is 14.9 Å². The second kappa shape index (κ2) is 5.12. The highest BCUT2D eigenvalue weighted by molar-refractivity contribution is 8.01. The van der Waals surface area contributed by atoms with Crippen molar-refractivity contribution in [3.05, 3.63) is 36.2 Å². The van der Waals surface area contributed by atoms with Gasteiger partial charge in [0.15, 0.2) is 4.34 Å². The van der Waals surface area contributed by atoms with Gasteiger partial charge >= 0.3 is 0 Å². The van der Waals surface area contributed by atoms with E-state index < -0.39 is 0 Å². The van der Waals surface area contributed by atoms with Gasteiger partial charge in [0, 0.05) is 6.07 Å². The van der Waals surface area contributed by atoms with Crippen LogP contribution in [0.3, 0.4) is 0 Å². The molecule has 2 heterocycles. The van der Waals surface area contributed by atoms with Crippen molar-refractivity contribution in [3.63, 3.8) is 0 Å². The van der Waals surface area contributed by atoms with Gasteiger partial charge in [-0.1, -0.05) is 12.1 Å². The Morgan fingerprint density at radius 3 is 2.84 bits per heavy atom. The van der Waals surface area contributed by atoms with Gasteiger partial charge in [0.2, 0.25) is 0 Å². The fourth-order valence-electron chi connectivity index (χ4n) is 1.65. The third kappa shape index (κ3) is 2.67. The van der Waals surface area contributed by atoms with Gasteiger partial charge in [0.25, 0.3) is 0 Å². The molecule has 0 aliphatic carbocycles. The first kappa shape index (κ1) is 12.3. The highest BCUT2D eigenvalue weighted by Crippen LogP contribution is 2.33. The van der Waals surface area contributed by atoms with Crippen LogP contribution in [0.15, 0.2) is 39.7 Å². The predicted molar refractivity (Wildman–Crippen MR) is 78.3 cm³/mol. The van der Waals surface area contributed by atoms with E-state index in [2.05, 4.69) is 26.4 Å².